The number of urea groups is 1. The van der Waals surface area contributed by atoms with Crippen molar-refractivity contribution >= 4 is 30.3 Å². The minimum absolute atomic E-state index is 0. The molecule has 2 fully saturated rings. The van der Waals surface area contributed by atoms with Crippen molar-refractivity contribution in [1.82, 2.24) is 14.7 Å². The number of piperidine rings is 1. The van der Waals surface area contributed by atoms with E-state index in [1.54, 1.807) is 9.80 Å². The highest BCUT2D eigenvalue weighted by molar-refractivity contribution is 6.07. The van der Waals surface area contributed by atoms with Crippen LogP contribution in [-0.4, -0.2) is 58.2 Å². The van der Waals surface area contributed by atoms with E-state index in [-0.39, 0.29) is 30.3 Å². The summed E-state index contributed by atoms with van der Waals surface area (Å²) in [5.41, 5.74) is 7.01. The lowest BCUT2D eigenvalue weighted by Crippen LogP contribution is -2.57. The zero-order chi connectivity index (χ0) is 21.3. The van der Waals surface area contributed by atoms with Crippen LogP contribution in [0.1, 0.15) is 30.0 Å². The van der Waals surface area contributed by atoms with Gasteiger partial charge in [-0.15, -0.1) is 12.4 Å². The first-order valence-electron chi connectivity index (χ1n) is 10.2. The van der Waals surface area contributed by atoms with Gasteiger partial charge in [0.15, 0.2) is 0 Å². The topological polar surface area (TPSA) is 87.0 Å². The number of carbonyl (C=O) groups is 3. The first kappa shape index (κ1) is 22.8. The highest BCUT2D eigenvalue weighted by Gasteiger charge is 2.57. The van der Waals surface area contributed by atoms with Crippen molar-refractivity contribution in [2.24, 2.45) is 5.73 Å². The van der Waals surface area contributed by atoms with E-state index in [1.807, 2.05) is 60.7 Å². The van der Waals surface area contributed by atoms with E-state index in [1.165, 1.54) is 11.9 Å². The van der Waals surface area contributed by atoms with Gasteiger partial charge in [-0.1, -0.05) is 60.7 Å². The Labute approximate surface area is 188 Å². The number of amides is 4. The monoisotopic (exact) mass is 442 g/mol. The molecular weight excluding hydrogens is 416 g/mol. The fourth-order valence-electron chi connectivity index (χ4n) is 4.44. The average Bonchev–Trinajstić information content (AvgIpc) is 2.96. The Morgan fingerprint density at radius 3 is 2.13 bits per heavy atom. The van der Waals surface area contributed by atoms with E-state index in [4.69, 9.17) is 5.73 Å². The molecule has 8 heteroatoms. The molecule has 2 heterocycles. The number of nitrogens with two attached hydrogens (primary N) is 1. The molecule has 4 rings (SSSR count). The third kappa shape index (κ3) is 4.03. The number of likely N-dealkylation sites (N-methyl/N-ethyl adjacent to an activating group) is 1. The van der Waals surface area contributed by atoms with Crippen molar-refractivity contribution in [1.29, 1.82) is 0 Å². The first-order chi connectivity index (χ1) is 14.4. The van der Waals surface area contributed by atoms with E-state index >= 15 is 0 Å². The van der Waals surface area contributed by atoms with Gasteiger partial charge in [-0.2, -0.15) is 0 Å². The van der Waals surface area contributed by atoms with Gasteiger partial charge in [0.2, 0.25) is 5.91 Å². The maximum absolute atomic E-state index is 13.1. The molecule has 4 amide bonds. The number of nitrogens with zero attached hydrogens (tertiary/aromatic N) is 3. The van der Waals surface area contributed by atoms with Crippen molar-refractivity contribution < 1.29 is 14.4 Å². The molecule has 0 unspecified atom stereocenters. The quantitative estimate of drug-likeness (QED) is 0.737. The van der Waals surface area contributed by atoms with E-state index in [0.717, 1.165) is 11.1 Å². The second-order valence-electron chi connectivity index (χ2n) is 7.96. The maximum Gasteiger partial charge on any atom is 0.327 e. The summed E-state index contributed by atoms with van der Waals surface area (Å²) >= 11 is 0. The largest absolute Gasteiger partial charge is 0.341 e. The molecule has 2 N–H and O–H groups in total. The molecule has 2 aromatic carbocycles. The Balaban J connectivity index is 0.00000272. The first-order valence-corrected chi connectivity index (χ1v) is 10.2. The SMILES string of the molecule is CN1C(=O)N(Cc2ccccc2)C2(CCN(C(=O)[C@@H](N)c3ccccc3)CC2)C1=O.Cl. The number of carbonyl (C=O) groups excluding carboxylic acids is 3. The second kappa shape index (κ2) is 9.08. The minimum Gasteiger partial charge on any atom is -0.341 e. The standard InChI is InChI=1S/C23H26N4O3.ClH/c1-25-21(29)23(27(22(25)30)16-17-8-4-2-5-9-17)12-14-26(15-13-23)20(28)19(24)18-10-6-3-7-11-18;/h2-11,19H,12-16,24H2,1H3;1H/t19-;/m0./s1. The third-order valence-electron chi connectivity index (χ3n) is 6.25. The molecule has 7 nitrogen and oxygen atoms in total. The summed E-state index contributed by atoms with van der Waals surface area (Å²) in [4.78, 5) is 43.4. The summed E-state index contributed by atoms with van der Waals surface area (Å²) in [6, 6.07) is 17.9. The molecule has 0 bridgehead atoms. The Bertz CT molecular complexity index is 946. The van der Waals surface area contributed by atoms with Crippen LogP contribution in [0.2, 0.25) is 0 Å². The predicted molar refractivity (Wildman–Crippen MR) is 119 cm³/mol. The normalized spacial score (nSPS) is 18.8. The molecule has 1 spiro atoms. The van der Waals surface area contributed by atoms with Crippen LogP contribution in [0.3, 0.4) is 0 Å². The Hall–Kier alpha value is -2.90. The Morgan fingerprint density at radius 2 is 1.55 bits per heavy atom. The van der Waals surface area contributed by atoms with E-state index in [0.29, 0.717) is 32.5 Å². The Morgan fingerprint density at radius 1 is 1.00 bits per heavy atom. The van der Waals surface area contributed by atoms with Crippen molar-refractivity contribution in [2.45, 2.75) is 31.0 Å². The zero-order valence-electron chi connectivity index (χ0n) is 17.4. The molecule has 2 saturated heterocycles. The summed E-state index contributed by atoms with van der Waals surface area (Å²) in [5.74, 6) is -0.348. The maximum atomic E-state index is 13.1. The fraction of sp³-hybridized carbons (Fsp3) is 0.348. The van der Waals surface area contributed by atoms with Gasteiger partial charge >= 0.3 is 6.03 Å². The highest BCUT2D eigenvalue weighted by atomic mass is 35.5. The van der Waals surface area contributed by atoms with Crippen LogP contribution in [-0.2, 0) is 16.1 Å². The van der Waals surface area contributed by atoms with Gasteiger partial charge < -0.3 is 15.5 Å². The van der Waals surface area contributed by atoms with Crippen LogP contribution >= 0.6 is 12.4 Å². The van der Waals surface area contributed by atoms with Gasteiger partial charge in [0.25, 0.3) is 5.91 Å². The van der Waals surface area contributed by atoms with Gasteiger partial charge in [0, 0.05) is 26.7 Å². The molecule has 0 aliphatic carbocycles. The fourth-order valence-corrected chi connectivity index (χ4v) is 4.44. The van der Waals surface area contributed by atoms with E-state index in [2.05, 4.69) is 0 Å². The number of likely N-dealkylation sites (tertiary alicyclic amines) is 1. The van der Waals surface area contributed by atoms with Crippen LogP contribution in [0.4, 0.5) is 4.79 Å². The summed E-state index contributed by atoms with van der Waals surface area (Å²) < 4.78 is 0. The van der Waals surface area contributed by atoms with Gasteiger partial charge in [-0.25, -0.2) is 4.79 Å². The van der Waals surface area contributed by atoms with Crippen molar-refractivity contribution in [3.63, 3.8) is 0 Å². The minimum atomic E-state index is -0.907. The number of hydrogen-bond donors (Lipinski definition) is 1. The molecule has 2 aromatic rings. The summed E-state index contributed by atoms with van der Waals surface area (Å²) in [5, 5.41) is 0. The second-order valence-corrected chi connectivity index (χ2v) is 7.96. The number of imide groups is 1. The summed E-state index contributed by atoms with van der Waals surface area (Å²) in [7, 11) is 1.53. The summed E-state index contributed by atoms with van der Waals surface area (Å²) in [6.07, 6.45) is 0.810. The molecule has 31 heavy (non-hydrogen) atoms. The van der Waals surface area contributed by atoms with Gasteiger partial charge in [-0.3, -0.25) is 14.5 Å². The van der Waals surface area contributed by atoms with E-state index in [9.17, 15) is 14.4 Å². The van der Waals surface area contributed by atoms with Crippen LogP contribution in [0.5, 0.6) is 0 Å². The molecule has 0 saturated carbocycles. The van der Waals surface area contributed by atoms with Crippen LogP contribution in [0.25, 0.3) is 0 Å². The molecule has 2 aliphatic heterocycles. The average molecular weight is 443 g/mol. The van der Waals surface area contributed by atoms with Crippen LogP contribution < -0.4 is 5.73 Å². The van der Waals surface area contributed by atoms with E-state index < -0.39 is 11.6 Å². The molecule has 0 radical (unpaired) electrons. The van der Waals surface area contributed by atoms with Crippen molar-refractivity contribution in [3.05, 3.63) is 71.8 Å². The van der Waals surface area contributed by atoms with Gasteiger partial charge in [0.1, 0.15) is 11.6 Å². The van der Waals surface area contributed by atoms with Gasteiger partial charge in [0.05, 0.1) is 0 Å². The molecular formula is C23H27ClN4O3. The predicted octanol–water partition coefficient (Wildman–Crippen LogP) is 2.56. The molecule has 164 valence electrons. The number of benzene rings is 2. The molecule has 2 aliphatic rings. The van der Waals surface area contributed by atoms with Crippen molar-refractivity contribution in [3.8, 4) is 0 Å². The molecule has 1 atom stereocenters. The van der Waals surface area contributed by atoms with Crippen LogP contribution in [0.15, 0.2) is 60.7 Å². The molecule has 0 aromatic heterocycles. The number of hydrogen-bond acceptors (Lipinski definition) is 4. The zero-order valence-corrected chi connectivity index (χ0v) is 18.3. The van der Waals surface area contributed by atoms with Crippen molar-refractivity contribution in [2.75, 3.05) is 20.1 Å². The van der Waals surface area contributed by atoms with Crippen LogP contribution in [0, 0.1) is 0 Å². The summed E-state index contributed by atoms with van der Waals surface area (Å²) in [6.45, 7) is 1.14. The lowest BCUT2D eigenvalue weighted by atomic mass is 9.85. The highest BCUT2D eigenvalue weighted by Crippen LogP contribution is 2.38. The number of rotatable bonds is 4. The number of halogens is 1. The Kier molecular flexibility index (Phi) is 6.67. The third-order valence-corrected chi connectivity index (χ3v) is 6.25. The lowest BCUT2D eigenvalue weighted by Gasteiger charge is -2.42. The lowest BCUT2D eigenvalue weighted by molar-refractivity contribution is -0.141. The van der Waals surface area contributed by atoms with Gasteiger partial charge in [-0.05, 0) is 24.0 Å². The smallest absolute Gasteiger partial charge is 0.327 e.